The monoisotopic (exact) mass is 460 g/mol. The highest BCUT2D eigenvalue weighted by molar-refractivity contribution is 5.73. The molecule has 2 heterocycles. The van der Waals surface area contributed by atoms with Gasteiger partial charge in [0.05, 0.1) is 5.69 Å². The Morgan fingerprint density at radius 3 is 2.65 bits per heavy atom. The van der Waals surface area contributed by atoms with Gasteiger partial charge in [0, 0.05) is 48.6 Å². The number of amides is 1. The standard InChI is InChI=1S/C26H32N6O2/c1-16-13-20(15-28-18(3)33)23(24(27)30-16)32-17(2)14-29-25(26(32)34)31-22-12-8-7-11-21(22)19-9-5-4-6-10-19/h4-6,9-10,13-14,21-22H,7-8,11-12,15H2,1-3H3,(H2,27,30)(H,28,33)(H,29,31)/t21-,22-/m0/s1. The van der Waals surface area contributed by atoms with Crippen molar-refractivity contribution in [2.24, 2.45) is 0 Å². The van der Waals surface area contributed by atoms with Gasteiger partial charge in [-0.05, 0) is 38.3 Å². The molecule has 2 atom stereocenters. The first-order valence-corrected chi connectivity index (χ1v) is 11.8. The van der Waals surface area contributed by atoms with Crippen LogP contribution in [0.1, 0.15) is 61.0 Å². The molecule has 1 saturated carbocycles. The Hall–Kier alpha value is -3.68. The summed E-state index contributed by atoms with van der Waals surface area (Å²) in [6.07, 6.45) is 5.98. The maximum Gasteiger partial charge on any atom is 0.298 e. The number of nitrogen functional groups attached to an aromatic ring is 1. The summed E-state index contributed by atoms with van der Waals surface area (Å²) in [6, 6.07) is 12.4. The Labute approximate surface area is 199 Å². The first-order chi connectivity index (χ1) is 16.3. The Morgan fingerprint density at radius 1 is 1.18 bits per heavy atom. The number of nitrogens with one attached hydrogen (secondary N) is 2. The van der Waals surface area contributed by atoms with Crippen molar-refractivity contribution >= 4 is 17.5 Å². The second kappa shape index (κ2) is 10.1. The first kappa shape index (κ1) is 23.5. The minimum absolute atomic E-state index is 0.111. The molecule has 0 radical (unpaired) electrons. The van der Waals surface area contributed by atoms with Crippen molar-refractivity contribution in [2.45, 2.75) is 65.0 Å². The highest BCUT2D eigenvalue weighted by Gasteiger charge is 2.28. The van der Waals surface area contributed by atoms with E-state index < -0.39 is 0 Å². The summed E-state index contributed by atoms with van der Waals surface area (Å²) in [5.41, 5.74) is 9.86. The molecule has 2 aromatic heterocycles. The normalized spacial score (nSPS) is 17.9. The van der Waals surface area contributed by atoms with Crippen molar-refractivity contribution in [3.8, 4) is 5.69 Å². The molecule has 0 unspecified atom stereocenters. The zero-order valence-corrected chi connectivity index (χ0v) is 20.0. The van der Waals surface area contributed by atoms with E-state index in [2.05, 4.69) is 44.9 Å². The molecule has 0 aliphatic heterocycles. The van der Waals surface area contributed by atoms with Gasteiger partial charge in [0.1, 0.15) is 5.82 Å². The largest absolute Gasteiger partial charge is 0.382 e. The van der Waals surface area contributed by atoms with Crippen molar-refractivity contribution in [2.75, 3.05) is 11.1 Å². The molecule has 8 heteroatoms. The van der Waals surface area contributed by atoms with E-state index in [1.165, 1.54) is 18.9 Å². The van der Waals surface area contributed by atoms with Gasteiger partial charge >= 0.3 is 0 Å². The van der Waals surface area contributed by atoms with Crippen molar-refractivity contribution < 1.29 is 4.79 Å². The number of benzene rings is 1. The third kappa shape index (κ3) is 4.95. The fraction of sp³-hybridized carbons (Fsp3) is 0.385. The van der Waals surface area contributed by atoms with Crippen LogP contribution < -0.4 is 21.9 Å². The summed E-state index contributed by atoms with van der Waals surface area (Å²) in [4.78, 5) is 34.1. The Balaban J connectivity index is 1.74. The zero-order chi connectivity index (χ0) is 24.2. The van der Waals surface area contributed by atoms with Gasteiger partial charge in [0.2, 0.25) is 5.91 Å². The second-order valence-electron chi connectivity index (χ2n) is 9.01. The van der Waals surface area contributed by atoms with E-state index in [-0.39, 0.29) is 29.9 Å². The van der Waals surface area contributed by atoms with Crippen molar-refractivity contribution in [1.82, 2.24) is 19.9 Å². The van der Waals surface area contributed by atoms with Gasteiger partial charge in [-0.1, -0.05) is 43.2 Å². The molecule has 1 aliphatic rings. The minimum atomic E-state index is -0.279. The topological polar surface area (TPSA) is 115 Å². The van der Waals surface area contributed by atoms with Crippen LogP contribution in [0.15, 0.2) is 47.4 Å². The number of carbonyl (C=O) groups is 1. The van der Waals surface area contributed by atoms with Crippen LogP contribution >= 0.6 is 0 Å². The Morgan fingerprint density at radius 2 is 1.91 bits per heavy atom. The Kier molecular flexibility index (Phi) is 6.95. The van der Waals surface area contributed by atoms with E-state index in [4.69, 9.17) is 5.73 Å². The molecule has 8 nitrogen and oxygen atoms in total. The predicted molar refractivity (Wildman–Crippen MR) is 134 cm³/mol. The number of hydrogen-bond donors (Lipinski definition) is 3. The fourth-order valence-electron chi connectivity index (χ4n) is 4.87. The smallest absolute Gasteiger partial charge is 0.298 e. The number of nitrogens with zero attached hydrogens (tertiary/aromatic N) is 3. The van der Waals surface area contributed by atoms with Gasteiger partial charge in [0.15, 0.2) is 5.82 Å². The number of nitrogens with two attached hydrogens (primary N) is 1. The number of hydrogen-bond acceptors (Lipinski definition) is 6. The summed E-state index contributed by atoms with van der Waals surface area (Å²) in [7, 11) is 0. The van der Waals surface area contributed by atoms with Crippen LogP contribution in [0.25, 0.3) is 5.69 Å². The minimum Gasteiger partial charge on any atom is -0.382 e. The van der Waals surface area contributed by atoms with Gasteiger partial charge in [0.25, 0.3) is 5.56 Å². The van der Waals surface area contributed by atoms with Crippen LogP contribution in [0.3, 0.4) is 0 Å². The van der Waals surface area contributed by atoms with Gasteiger partial charge in [-0.2, -0.15) is 0 Å². The second-order valence-corrected chi connectivity index (χ2v) is 9.01. The van der Waals surface area contributed by atoms with Crippen molar-refractivity contribution in [3.63, 3.8) is 0 Å². The summed E-state index contributed by atoms with van der Waals surface area (Å²) < 4.78 is 1.55. The number of pyridine rings is 1. The number of aryl methyl sites for hydroxylation is 2. The van der Waals surface area contributed by atoms with E-state index in [1.807, 2.05) is 26.0 Å². The van der Waals surface area contributed by atoms with E-state index in [1.54, 1.807) is 10.8 Å². The lowest BCUT2D eigenvalue weighted by Crippen LogP contribution is -2.35. The number of aromatic nitrogens is 3. The molecule has 1 aliphatic carbocycles. The molecule has 4 N–H and O–H groups in total. The molecule has 4 rings (SSSR count). The van der Waals surface area contributed by atoms with Crippen LogP contribution in [0.4, 0.5) is 11.6 Å². The Bertz CT molecular complexity index is 1240. The average molecular weight is 461 g/mol. The summed E-state index contributed by atoms with van der Waals surface area (Å²) in [5, 5.41) is 6.26. The highest BCUT2D eigenvalue weighted by Crippen LogP contribution is 2.34. The van der Waals surface area contributed by atoms with Gasteiger partial charge < -0.3 is 16.4 Å². The molecule has 34 heavy (non-hydrogen) atoms. The molecule has 0 saturated heterocycles. The lowest BCUT2D eigenvalue weighted by molar-refractivity contribution is -0.119. The van der Waals surface area contributed by atoms with Crippen LogP contribution in [0.2, 0.25) is 0 Å². The van der Waals surface area contributed by atoms with Gasteiger partial charge in [-0.25, -0.2) is 9.97 Å². The maximum atomic E-state index is 13.7. The number of rotatable bonds is 6. The lowest BCUT2D eigenvalue weighted by atomic mass is 9.80. The fourth-order valence-corrected chi connectivity index (χ4v) is 4.87. The first-order valence-electron chi connectivity index (χ1n) is 11.8. The lowest BCUT2D eigenvalue weighted by Gasteiger charge is -2.33. The van der Waals surface area contributed by atoms with E-state index in [9.17, 15) is 9.59 Å². The molecule has 0 spiro atoms. The number of anilines is 2. The average Bonchev–Trinajstić information content (AvgIpc) is 2.81. The van der Waals surface area contributed by atoms with Crippen molar-refractivity contribution in [1.29, 1.82) is 0 Å². The SMILES string of the molecule is CC(=O)NCc1cc(C)nc(N)c1-n1c(C)cnc(N[C@H]2CCCC[C@H]2c2ccccc2)c1=O. The molecule has 3 aromatic rings. The molecule has 1 amide bonds. The van der Waals surface area contributed by atoms with Crippen LogP contribution in [0.5, 0.6) is 0 Å². The van der Waals surface area contributed by atoms with E-state index in [0.29, 0.717) is 28.8 Å². The molecular weight excluding hydrogens is 428 g/mol. The zero-order valence-electron chi connectivity index (χ0n) is 20.0. The highest BCUT2D eigenvalue weighted by atomic mass is 16.1. The molecule has 1 aromatic carbocycles. The molecular formula is C26H32N6O2. The van der Waals surface area contributed by atoms with Crippen LogP contribution in [-0.4, -0.2) is 26.5 Å². The summed E-state index contributed by atoms with van der Waals surface area (Å²) in [6.45, 7) is 5.34. The summed E-state index contributed by atoms with van der Waals surface area (Å²) in [5.74, 6) is 0.683. The van der Waals surface area contributed by atoms with Crippen LogP contribution in [0, 0.1) is 13.8 Å². The summed E-state index contributed by atoms with van der Waals surface area (Å²) >= 11 is 0. The van der Waals surface area contributed by atoms with E-state index >= 15 is 0 Å². The van der Waals surface area contributed by atoms with E-state index in [0.717, 1.165) is 24.8 Å². The number of carbonyl (C=O) groups excluding carboxylic acids is 1. The quantitative estimate of drug-likeness (QED) is 0.518. The van der Waals surface area contributed by atoms with Gasteiger partial charge in [-0.15, -0.1) is 0 Å². The third-order valence-electron chi connectivity index (χ3n) is 6.43. The molecule has 1 fully saturated rings. The van der Waals surface area contributed by atoms with Crippen molar-refractivity contribution in [3.05, 3.63) is 75.5 Å². The maximum absolute atomic E-state index is 13.7. The van der Waals surface area contributed by atoms with Gasteiger partial charge in [-0.3, -0.25) is 14.2 Å². The van der Waals surface area contributed by atoms with Crippen LogP contribution in [-0.2, 0) is 11.3 Å². The predicted octanol–water partition coefficient (Wildman–Crippen LogP) is 3.60. The third-order valence-corrected chi connectivity index (χ3v) is 6.43. The molecule has 0 bridgehead atoms. The molecule has 178 valence electrons.